The summed E-state index contributed by atoms with van der Waals surface area (Å²) in [7, 11) is -2.55. The number of rotatable bonds is 14. The van der Waals surface area contributed by atoms with E-state index in [-0.39, 0.29) is 35.9 Å². The van der Waals surface area contributed by atoms with E-state index < -0.39 is 28.3 Å². The molecule has 2 aliphatic rings. The van der Waals surface area contributed by atoms with Gasteiger partial charge in [-0.25, -0.2) is 13.2 Å². The fourth-order valence-corrected chi connectivity index (χ4v) is 7.63. The monoisotopic (exact) mass is 613 g/mol. The highest BCUT2D eigenvalue weighted by atomic mass is 32.2. The number of aliphatic hydroxyl groups excluding tert-OH is 1. The fraction of sp³-hybridized carbons (Fsp3) is 0.562. The molecule has 0 radical (unpaired) electrons. The number of methoxy groups -OCH3 is 1. The number of alkyl carbamates (subject to hydrolysis) is 1. The van der Waals surface area contributed by atoms with Crippen LogP contribution in [0.2, 0.25) is 0 Å². The number of nitrogens with one attached hydrogen (secondary N) is 1. The van der Waals surface area contributed by atoms with Crippen LogP contribution in [0.3, 0.4) is 0 Å². The van der Waals surface area contributed by atoms with Crippen molar-refractivity contribution in [2.24, 2.45) is 5.41 Å². The van der Waals surface area contributed by atoms with Gasteiger partial charge in [0.25, 0.3) is 0 Å². The Balaban J connectivity index is 1.62. The molecule has 3 unspecified atom stereocenters. The summed E-state index contributed by atoms with van der Waals surface area (Å²) in [5, 5.41) is 23.8. The number of benzene rings is 2. The molecule has 1 aliphatic heterocycles. The second-order valence-corrected chi connectivity index (χ2v) is 13.5. The van der Waals surface area contributed by atoms with Crippen LogP contribution in [0.4, 0.5) is 4.79 Å². The van der Waals surface area contributed by atoms with Gasteiger partial charge in [-0.3, -0.25) is 0 Å². The van der Waals surface area contributed by atoms with E-state index in [4.69, 9.17) is 14.2 Å². The Morgan fingerprint density at radius 3 is 2.51 bits per heavy atom. The van der Waals surface area contributed by atoms with Crippen molar-refractivity contribution >= 4 is 16.1 Å². The third kappa shape index (κ3) is 9.16. The van der Waals surface area contributed by atoms with Crippen LogP contribution in [-0.4, -0.2) is 75.6 Å². The highest BCUT2D eigenvalue weighted by Crippen LogP contribution is 2.42. The number of ether oxygens (including phenoxy) is 3. The lowest BCUT2D eigenvalue weighted by molar-refractivity contribution is 0.0577. The first-order chi connectivity index (χ1) is 20.7. The maximum Gasteiger partial charge on any atom is 0.407 e. The molecule has 4 rings (SSSR count). The third-order valence-electron chi connectivity index (χ3n) is 8.51. The molecule has 2 N–H and O–H groups in total. The Hall–Kier alpha value is -3.17. The van der Waals surface area contributed by atoms with Crippen LogP contribution >= 0.6 is 0 Å². The van der Waals surface area contributed by atoms with Crippen molar-refractivity contribution < 1.29 is 32.5 Å². The molecule has 2 aromatic rings. The molecule has 2 aromatic carbocycles. The first kappa shape index (κ1) is 32.7. The number of amides is 1. The summed E-state index contributed by atoms with van der Waals surface area (Å²) in [6.45, 7) is 0.757. The number of hydrogen-bond acceptors (Lipinski definition) is 8. The molecule has 3 atom stereocenters. The number of sulfonamides is 1. The minimum Gasteiger partial charge on any atom is -0.497 e. The zero-order valence-corrected chi connectivity index (χ0v) is 25.6. The molecule has 1 amide bonds. The molecule has 234 valence electrons. The second kappa shape index (κ2) is 15.5. The van der Waals surface area contributed by atoms with Gasteiger partial charge in [-0.15, -0.1) is 0 Å². The van der Waals surface area contributed by atoms with Crippen molar-refractivity contribution in [3.63, 3.8) is 0 Å². The summed E-state index contributed by atoms with van der Waals surface area (Å²) < 4.78 is 45.7. The Kier molecular flexibility index (Phi) is 11.8. The molecular formula is C32H43N3O7S. The summed E-state index contributed by atoms with van der Waals surface area (Å²) in [4.78, 5) is 13.0. The van der Waals surface area contributed by atoms with E-state index in [9.17, 15) is 23.6 Å². The summed E-state index contributed by atoms with van der Waals surface area (Å²) in [6, 6.07) is 17.0. The number of aliphatic hydroxyl groups is 1. The van der Waals surface area contributed by atoms with Gasteiger partial charge in [-0.05, 0) is 60.9 Å². The molecule has 11 heteroatoms. The van der Waals surface area contributed by atoms with Gasteiger partial charge < -0.3 is 24.6 Å². The fourth-order valence-electron chi connectivity index (χ4n) is 6.06. The van der Waals surface area contributed by atoms with Crippen molar-refractivity contribution in [3.8, 4) is 11.8 Å². The standard InChI is InChI=1S/C32H43N3O7S/c1-40-26-11-13-28(14-12-26)43(38,39)35(24-32(18-8-19-33)16-6-3-7-17-32)22-30(36)29(21-25-9-4-2-5-10-25)34-31(37)42-27-15-20-41-23-27/h2,4-5,9-14,27,29-30,36H,3,6-8,15-18,20-24H2,1H3,(H,34,37). The topological polar surface area (TPSA) is 138 Å². The molecule has 0 spiro atoms. The van der Waals surface area contributed by atoms with E-state index in [0.29, 0.717) is 38.2 Å². The lowest BCUT2D eigenvalue weighted by Crippen LogP contribution is -2.53. The number of carbonyl (C=O) groups excluding carboxylic acids is 1. The van der Waals surface area contributed by atoms with Gasteiger partial charge in [0, 0.05) is 25.9 Å². The Bertz CT molecular complexity index is 1300. The molecule has 0 aromatic heterocycles. The predicted octanol–water partition coefficient (Wildman–Crippen LogP) is 4.43. The lowest BCUT2D eigenvalue weighted by atomic mass is 9.71. The first-order valence-corrected chi connectivity index (χ1v) is 16.5. The number of carbonyl (C=O) groups is 1. The maximum absolute atomic E-state index is 14.2. The van der Waals surface area contributed by atoms with Crippen LogP contribution in [0.15, 0.2) is 59.5 Å². The van der Waals surface area contributed by atoms with Crippen molar-refractivity contribution in [2.45, 2.75) is 80.9 Å². The van der Waals surface area contributed by atoms with Gasteiger partial charge in [-0.1, -0.05) is 49.6 Å². The van der Waals surface area contributed by atoms with E-state index in [2.05, 4.69) is 11.4 Å². The van der Waals surface area contributed by atoms with Crippen LogP contribution in [0.5, 0.6) is 5.75 Å². The van der Waals surface area contributed by atoms with Gasteiger partial charge in [0.05, 0.1) is 43.4 Å². The first-order valence-electron chi connectivity index (χ1n) is 15.0. The summed E-state index contributed by atoms with van der Waals surface area (Å²) in [5.41, 5.74) is 0.496. The molecule has 10 nitrogen and oxygen atoms in total. The Morgan fingerprint density at radius 2 is 1.88 bits per heavy atom. The molecular weight excluding hydrogens is 570 g/mol. The van der Waals surface area contributed by atoms with Gasteiger partial charge >= 0.3 is 6.09 Å². The summed E-state index contributed by atoms with van der Waals surface area (Å²) >= 11 is 0. The highest BCUT2D eigenvalue weighted by molar-refractivity contribution is 7.89. The molecule has 2 fully saturated rings. The van der Waals surface area contributed by atoms with Gasteiger partial charge in [0.1, 0.15) is 11.9 Å². The van der Waals surface area contributed by atoms with Crippen LogP contribution in [0, 0.1) is 16.7 Å². The van der Waals surface area contributed by atoms with E-state index in [1.807, 2.05) is 30.3 Å². The van der Waals surface area contributed by atoms with Crippen molar-refractivity contribution in [1.29, 1.82) is 5.26 Å². The lowest BCUT2D eigenvalue weighted by Gasteiger charge is -2.41. The average molecular weight is 614 g/mol. The highest BCUT2D eigenvalue weighted by Gasteiger charge is 2.39. The van der Waals surface area contributed by atoms with Gasteiger partial charge in [0.2, 0.25) is 10.0 Å². The molecule has 1 aliphatic carbocycles. The smallest absolute Gasteiger partial charge is 0.407 e. The zero-order chi connectivity index (χ0) is 30.7. The number of nitrogens with zero attached hydrogens (tertiary/aromatic N) is 2. The maximum atomic E-state index is 14.2. The zero-order valence-electron chi connectivity index (χ0n) is 24.8. The molecule has 1 heterocycles. The quantitative estimate of drug-likeness (QED) is 0.319. The van der Waals surface area contributed by atoms with Crippen LogP contribution < -0.4 is 10.1 Å². The van der Waals surface area contributed by atoms with Crippen molar-refractivity contribution in [1.82, 2.24) is 9.62 Å². The predicted molar refractivity (Wildman–Crippen MR) is 161 cm³/mol. The molecule has 1 saturated heterocycles. The van der Waals surface area contributed by atoms with Crippen LogP contribution in [-0.2, 0) is 25.9 Å². The second-order valence-electron chi connectivity index (χ2n) is 11.6. The Morgan fingerprint density at radius 1 is 1.16 bits per heavy atom. The van der Waals surface area contributed by atoms with Crippen molar-refractivity contribution in [3.05, 3.63) is 60.2 Å². The van der Waals surface area contributed by atoms with Crippen LogP contribution in [0.25, 0.3) is 0 Å². The largest absolute Gasteiger partial charge is 0.497 e. The summed E-state index contributed by atoms with van der Waals surface area (Å²) in [5.74, 6) is 0.529. The summed E-state index contributed by atoms with van der Waals surface area (Å²) in [6.07, 6.45) is 4.07. The third-order valence-corrected chi connectivity index (χ3v) is 10.3. The minimum absolute atomic E-state index is 0.0833. The Labute approximate surface area is 255 Å². The van der Waals surface area contributed by atoms with Gasteiger partial charge in [-0.2, -0.15) is 9.57 Å². The number of hydrogen-bond donors (Lipinski definition) is 2. The van der Waals surface area contributed by atoms with Crippen molar-refractivity contribution in [2.75, 3.05) is 33.4 Å². The minimum atomic E-state index is -4.06. The normalized spacial score (nSPS) is 19.7. The molecule has 1 saturated carbocycles. The van der Waals surface area contributed by atoms with E-state index in [1.54, 1.807) is 12.1 Å². The number of nitriles is 1. The van der Waals surface area contributed by atoms with Gasteiger partial charge in [0.15, 0.2) is 0 Å². The molecule has 43 heavy (non-hydrogen) atoms. The van der Waals surface area contributed by atoms with E-state index in [0.717, 1.165) is 37.7 Å². The van der Waals surface area contributed by atoms with E-state index in [1.165, 1.54) is 23.5 Å². The van der Waals surface area contributed by atoms with E-state index >= 15 is 0 Å². The SMILES string of the molecule is COc1ccc(S(=O)(=O)N(CC(O)C(Cc2ccccc2)NC(=O)OC2CCOC2)CC2(CCC#N)CCCCC2)cc1. The average Bonchev–Trinajstić information content (AvgIpc) is 3.53. The molecule has 0 bridgehead atoms. The van der Waals surface area contributed by atoms with Crippen LogP contribution in [0.1, 0.15) is 56.9 Å².